The molecule has 1 fully saturated rings. The third-order valence-electron chi connectivity index (χ3n) is 5.25. The van der Waals surface area contributed by atoms with E-state index in [1.807, 2.05) is 24.3 Å². The van der Waals surface area contributed by atoms with Crippen LogP contribution in [0.2, 0.25) is 0 Å². The number of para-hydroxylation sites is 1. The number of likely N-dealkylation sites (N-methyl/N-ethyl adjacent to an activating group) is 1. The second-order valence-corrected chi connectivity index (χ2v) is 7.13. The van der Waals surface area contributed by atoms with E-state index in [4.69, 9.17) is 11.5 Å². The molecule has 2 atom stereocenters. The molecular formula is C19H26N4O2. The van der Waals surface area contributed by atoms with Gasteiger partial charge in [0.25, 0.3) is 5.91 Å². The van der Waals surface area contributed by atoms with Crippen LogP contribution >= 0.6 is 0 Å². The van der Waals surface area contributed by atoms with Gasteiger partial charge in [0.1, 0.15) is 0 Å². The topological polar surface area (TPSA) is 102 Å². The Balaban J connectivity index is 2.20. The van der Waals surface area contributed by atoms with E-state index in [1.165, 1.54) is 18.2 Å². The number of hydrogen-bond donors (Lipinski definition) is 2. The van der Waals surface area contributed by atoms with E-state index in [2.05, 4.69) is 4.99 Å². The van der Waals surface area contributed by atoms with Crippen molar-refractivity contribution in [2.24, 2.45) is 22.4 Å². The SMILES string of the molecule is C[C@H](N)C(=O)C1(N)N=C(C2CCCCC2)c2ccccc2N(C)C1=O. The summed E-state index contributed by atoms with van der Waals surface area (Å²) in [7, 11) is 1.64. The maximum Gasteiger partial charge on any atom is 0.277 e. The standard InChI is InChI=1S/C19H26N4O2/c1-12(20)17(24)19(21)18(25)23(2)15-11-7-6-10-14(15)16(22-19)13-8-4-3-5-9-13/h6-7,10-13H,3-5,8-9,20-21H2,1-2H3/t12-,19?/m0/s1. The van der Waals surface area contributed by atoms with E-state index >= 15 is 0 Å². The van der Waals surface area contributed by atoms with Crippen molar-refractivity contribution in [2.45, 2.75) is 50.7 Å². The second kappa shape index (κ2) is 6.69. The van der Waals surface area contributed by atoms with Crippen molar-refractivity contribution < 1.29 is 9.59 Å². The number of aliphatic imine (C=N–C) groups is 1. The quantitative estimate of drug-likeness (QED) is 0.815. The zero-order valence-corrected chi connectivity index (χ0v) is 14.9. The first-order valence-corrected chi connectivity index (χ1v) is 8.92. The van der Waals surface area contributed by atoms with Gasteiger partial charge in [-0.1, -0.05) is 37.5 Å². The van der Waals surface area contributed by atoms with E-state index in [9.17, 15) is 9.59 Å². The summed E-state index contributed by atoms with van der Waals surface area (Å²) in [6, 6.07) is 6.76. The lowest BCUT2D eigenvalue weighted by Gasteiger charge is -2.28. The monoisotopic (exact) mass is 342 g/mol. The van der Waals surface area contributed by atoms with E-state index in [0.717, 1.165) is 42.6 Å². The number of fused-ring (bicyclic) bond motifs is 1. The second-order valence-electron chi connectivity index (χ2n) is 7.13. The Hall–Kier alpha value is -2.05. The molecule has 0 radical (unpaired) electrons. The smallest absolute Gasteiger partial charge is 0.277 e. The van der Waals surface area contributed by atoms with Crippen LogP contribution in [-0.4, -0.2) is 36.2 Å². The lowest BCUT2D eigenvalue weighted by molar-refractivity contribution is -0.134. The zero-order valence-electron chi connectivity index (χ0n) is 14.9. The lowest BCUT2D eigenvalue weighted by atomic mass is 9.82. The predicted octanol–water partition coefficient (Wildman–Crippen LogP) is 1.60. The fraction of sp³-hybridized carbons (Fsp3) is 0.526. The van der Waals surface area contributed by atoms with Crippen molar-refractivity contribution in [1.29, 1.82) is 0 Å². The lowest BCUT2D eigenvalue weighted by Crippen LogP contribution is -2.62. The molecule has 0 spiro atoms. The van der Waals surface area contributed by atoms with Crippen LogP contribution < -0.4 is 16.4 Å². The van der Waals surface area contributed by atoms with Crippen LogP contribution in [-0.2, 0) is 9.59 Å². The Kier molecular flexibility index (Phi) is 4.75. The number of ketones is 1. The number of carbonyl (C=O) groups is 2. The third kappa shape index (κ3) is 3.00. The summed E-state index contributed by atoms with van der Waals surface area (Å²) in [6.45, 7) is 1.54. The molecule has 3 rings (SSSR count). The molecule has 1 aromatic rings. The molecule has 6 nitrogen and oxygen atoms in total. The number of amides is 1. The van der Waals surface area contributed by atoms with Crippen LogP contribution in [0.5, 0.6) is 0 Å². The molecule has 0 bridgehead atoms. The molecular weight excluding hydrogens is 316 g/mol. The summed E-state index contributed by atoms with van der Waals surface area (Å²) in [5.74, 6) is -0.878. The number of benzene rings is 1. The third-order valence-corrected chi connectivity index (χ3v) is 5.25. The van der Waals surface area contributed by atoms with E-state index in [0.29, 0.717) is 0 Å². The highest BCUT2D eigenvalue weighted by Gasteiger charge is 2.48. The fourth-order valence-electron chi connectivity index (χ4n) is 3.84. The van der Waals surface area contributed by atoms with Gasteiger partial charge in [-0.25, -0.2) is 4.99 Å². The summed E-state index contributed by atoms with van der Waals surface area (Å²) >= 11 is 0. The van der Waals surface area contributed by atoms with Gasteiger partial charge in [-0.3, -0.25) is 15.3 Å². The molecule has 4 N–H and O–H groups in total. The van der Waals surface area contributed by atoms with Gasteiger partial charge in [-0.15, -0.1) is 0 Å². The largest absolute Gasteiger partial charge is 0.322 e. The number of rotatable bonds is 3. The molecule has 0 saturated heterocycles. The molecule has 1 heterocycles. The van der Waals surface area contributed by atoms with Crippen LogP contribution in [0.1, 0.15) is 44.6 Å². The Morgan fingerprint density at radius 1 is 1.28 bits per heavy atom. The molecule has 0 aromatic heterocycles. The minimum Gasteiger partial charge on any atom is -0.322 e. The maximum absolute atomic E-state index is 13.0. The van der Waals surface area contributed by atoms with E-state index in [-0.39, 0.29) is 5.92 Å². The number of anilines is 1. The van der Waals surface area contributed by atoms with Crippen LogP contribution in [0.15, 0.2) is 29.3 Å². The van der Waals surface area contributed by atoms with E-state index < -0.39 is 23.4 Å². The highest BCUT2D eigenvalue weighted by molar-refractivity contribution is 6.23. The van der Waals surface area contributed by atoms with Crippen LogP contribution in [0.25, 0.3) is 0 Å². The van der Waals surface area contributed by atoms with Gasteiger partial charge in [0.2, 0.25) is 11.4 Å². The predicted molar refractivity (Wildman–Crippen MR) is 98.5 cm³/mol. The molecule has 1 amide bonds. The van der Waals surface area contributed by atoms with Gasteiger partial charge in [0.15, 0.2) is 0 Å². The summed E-state index contributed by atoms with van der Waals surface area (Å²) in [5, 5.41) is 0. The van der Waals surface area contributed by atoms with Crippen LogP contribution in [0.4, 0.5) is 5.69 Å². The Bertz CT molecular complexity index is 722. The van der Waals surface area contributed by atoms with Crippen molar-refractivity contribution in [1.82, 2.24) is 0 Å². The number of nitrogens with two attached hydrogens (primary N) is 2. The number of benzodiazepines with no additional fused rings is 1. The molecule has 1 aliphatic heterocycles. The van der Waals surface area contributed by atoms with Gasteiger partial charge in [-0.2, -0.15) is 0 Å². The first-order valence-electron chi connectivity index (χ1n) is 8.92. The Labute approximate surface area is 148 Å². The normalized spacial score (nSPS) is 25.8. The fourth-order valence-corrected chi connectivity index (χ4v) is 3.84. The van der Waals surface area contributed by atoms with Crippen LogP contribution in [0.3, 0.4) is 0 Å². The first kappa shape index (κ1) is 17.8. The molecule has 6 heteroatoms. The molecule has 1 aliphatic carbocycles. The number of carbonyl (C=O) groups excluding carboxylic acids is 2. The summed E-state index contributed by atoms with van der Waals surface area (Å²) in [4.78, 5) is 31.8. The Morgan fingerprint density at radius 3 is 2.56 bits per heavy atom. The summed E-state index contributed by atoms with van der Waals surface area (Å²) in [5.41, 5.74) is 12.5. The number of nitrogens with zero attached hydrogens (tertiary/aromatic N) is 2. The zero-order chi connectivity index (χ0) is 18.2. The first-order chi connectivity index (χ1) is 11.9. The molecule has 2 aliphatic rings. The minimum absolute atomic E-state index is 0.206. The average Bonchev–Trinajstić information content (AvgIpc) is 2.72. The molecule has 1 aromatic carbocycles. The molecule has 1 unspecified atom stereocenters. The van der Waals surface area contributed by atoms with Crippen molar-refractivity contribution in [3.05, 3.63) is 29.8 Å². The van der Waals surface area contributed by atoms with Crippen molar-refractivity contribution in [3.8, 4) is 0 Å². The molecule has 1 saturated carbocycles. The van der Waals surface area contributed by atoms with Crippen LogP contribution in [0, 0.1) is 5.92 Å². The van der Waals surface area contributed by atoms with Crippen molar-refractivity contribution in [2.75, 3.05) is 11.9 Å². The van der Waals surface area contributed by atoms with Crippen molar-refractivity contribution in [3.63, 3.8) is 0 Å². The average molecular weight is 342 g/mol. The summed E-state index contributed by atoms with van der Waals surface area (Å²) in [6.07, 6.45) is 5.43. The number of hydrogen-bond acceptors (Lipinski definition) is 5. The van der Waals surface area contributed by atoms with Gasteiger partial charge >= 0.3 is 0 Å². The van der Waals surface area contributed by atoms with Gasteiger partial charge in [0.05, 0.1) is 17.4 Å². The molecule has 25 heavy (non-hydrogen) atoms. The number of Topliss-reactive ketones (excluding diaryl/α,β-unsaturated/α-hetero) is 1. The Morgan fingerprint density at radius 2 is 1.92 bits per heavy atom. The molecule has 134 valence electrons. The van der Waals surface area contributed by atoms with Crippen molar-refractivity contribution >= 4 is 23.1 Å². The van der Waals surface area contributed by atoms with Gasteiger partial charge < -0.3 is 10.6 Å². The van der Waals surface area contributed by atoms with Gasteiger partial charge in [0, 0.05) is 18.5 Å². The summed E-state index contributed by atoms with van der Waals surface area (Å²) < 4.78 is 0. The highest BCUT2D eigenvalue weighted by Crippen LogP contribution is 2.35. The van der Waals surface area contributed by atoms with E-state index in [1.54, 1.807) is 7.05 Å². The van der Waals surface area contributed by atoms with Gasteiger partial charge in [-0.05, 0) is 25.8 Å². The highest BCUT2D eigenvalue weighted by atomic mass is 16.2. The maximum atomic E-state index is 13.0. The minimum atomic E-state index is -1.96.